The maximum Gasteiger partial charge on any atom is 0.0880 e. The minimum Gasteiger partial charge on any atom is -0.390 e. The molecule has 0 aromatic heterocycles. The summed E-state index contributed by atoms with van der Waals surface area (Å²) in [7, 11) is 3.78. The molecule has 0 saturated heterocycles. The molecule has 1 N–H and O–H groups in total. The summed E-state index contributed by atoms with van der Waals surface area (Å²) in [5, 5.41) is 10.1. The average Bonchev–Trinajstić information content (AvgIpc) is 2.32. The van der Waals surface area contributed by atoms with Crippen LogP contribution in [0.3, 0.4) is 0 Å². The van der Waals surface area contributed by atoms with E-state index in [1.807, 2.05) is 25.6 Å². The van der Waals surface area contributed by atoms with Gasteiger partial charge < -0.3 is 14.7 Å². The minimum absolute atomic E-state index is 0.415. The molecular formula is C13H29NO2S. The van der Waals surface area contributed by atoms with E-state index in [0.717, 1.165) is 25.1 Å². The number of hydrogen-bond acceptors (Lipinski definition) is 4. The van der Waals surface area contributed by atoms with Gasteiger partial charge >= 0.3 is 0 Å². The second kappa shape index (κ2) is 8.35. The molecule has 0 heterocycles. The van der Waals surface area contributed by atoms with Crippen LogP contribution in [0, 0.1) is 0 Å². The van der Waals surface area contributed by atoms with E-state index in [0.29, 0.717) is 6.04 Å². The van der Waals surface area contributed by atoms with E-state index in [1.54, 1.807) is 7.11 Å². The molecule has 0 aromatic rings. The molecule has 2 unspecified atom stereocenters. The van der Waals surface area contributed by atoms with Gasteiger partial charge in [-0.3, -0.25) is 0 Å². The van der Waals surface area contributed by atoms with Gasteiger partial charge in [0.15, 0.2) is 0 Å². The van der Waals surface area contributed by atoms with Crippen molar-refractivity contribution in [3.05, 3.63) is 0 Å². The second-order valence-electron chi connectivity index (χ2n) is 5.11. The van der Waals surface area contributed by atoms with E-state index in [4.69, 9.17) is 4.74 Å². The zero-order valence-corrected chi connectivity index (χ0v) is 13.0. The molecule has 0 radical (unpaired) electrons. The Balaban J connectivity index is 4.09. The molecule has 0 saturated carbocycles. The van der Waals surface area contributed by atoms with Gasteiger partial charge in [-0.2, -0.15) is 11.8 Å². The third-order valence-corrected chi connectivity index (χ3v) is 4.26. The van der Waals surface area contributed by atoms with Gasteiger partial charge in [0.25, 0.3) is 0 Å². The highest BCUT2D eigenvalue weighted by atomic mass is 32.2. The molecule has 4 heteroatoms. The van der Waals surface area contributed by atoms with Crippen molar-refractivity contribution < 1.29 is 9.84 Å². The van der Waals surface area contributed by atoms with Gasteiger partial charge in [0.2, 0.25) is 0 Å². The fraction of sp³-hybridized carbons (Fsp3) is 1.00. The van der Waals surface area contributed by atoms with Crippen molar-refractivity contribution in [2.45, 2.75) is 51.4 Å². The van der Waals surface area contributed by atoms with Gasteiger partial charge in [-0.05, 0) is 40.0 Å². The zero-order valence-electron chi connectivity index (χ0n) is 12.2. The van der Waals surface area contributed by atoms with Gasteiger partial charge in [-0.1, -0.05) is 6.92 Å². The lowest BCUT2D eigenvalue weighted by Gasteiger charge is -2.32. The van der Waals surface area contributed by atoms with Gasteiger partial charge in [0.05, 0.1) is 11.7 Å². The predicted molar refractivity (Wildman–Crippen MR) is 76.8 cm³/mol. The van der Waals surface area contributed by atoms with Crippen LogP contribution in [-0.2, 0) is 4.74 Å². The van der Waals surface area contributed by atoms with Crippen LogP contribution in [0.2, 0.25) is 0 Å². The Morgan fingerprint density at radius 3 is 2.41 bits per heavy atom. The van der Waals surface area contributed by atoms with Crippen molar-refractivity contribution in [1.29, 1.82) is 0 Å². The fourth-order valence-corrected chi connectivity index (χ4v) is 2.62. The lowest BCUT2D eigenvalue weighted by molar-refractivity contribution is -0.0824. The van der Waals surface area contributed by atoms with Crippen molar-refractivity contribution in [3.63, 3.8) is 0 Å². The van der Waals surface area contributed by atoms with E-state index in [9.17, 15) is 5.11 Å². The molecule has 0 spiro atoms. The number of thioether (sulfide) groups is 1. The Labute approximate surface area is 111 Å². The first-order valence-corrected chi connectivity index (χ1v) is 7.70. The van der Waals surface area contributed by atoms with Crippen LogP contribution >= 0.6 is 11.8 Å². The van der Waals surface area contributed by atoms with Crippen LogP contribution in [0.4, 0.5) is 0 Å². The Kier molecular flexibility index (Phi) is 8.47. The highest BCUT2D eigenvalue weighted by molar-refractivity contribution is 7.98. The molecule has 0 aliphatic rings. The standard InChI is InChI=1S/C13H29NO2S/c1-7-11(10-17-6)14(4)9-8-12(15)13(2,3)16-5/h11-12,15H,7-10H2,1-6H3. The highest BCUT2D eigenvalue weighted by Crippen LogP contribution is 2.17. The molecule has 0 rings (SSSR count). The molecule has 0 aromatic carbocycles. The second-order valence-corrected chi connectivity index (χ2v) is 6.02. The smallest absolute Gasteiger partial charge is 0.0880 e. The molecule has 0 aliphatic heterocycles. The summed E-state index contributed by atoms with van der Waals surface area (Å²) < 4.78 is 5.29. The maximum absolute atomic E-state index is 10.1. The lowest BCUT2D eigenvalue weighted by atomic mass is 9.98. The summed E-state index contributed by atoms with van der Waals surface area (Å²) in [6.07, 6.45) is 3.63. The van der Waals surface area contributed by atoms with E-state index < -0.39 is 11.7 Å². The van der Waals surface area contributed by atoms with Crippen molar-refractivity contribution in [2.75, 3.05) is 32.7 Å². The third kappa shape index (κ3) is 6.09. The summed E-state index contributed by atoms with van der Waals surface area (Å²) in [5.41, 5.74) is -0.456. The average molecular weight is 263 g/mol. The summed E-state index contributed by atoms with van der Waals surface area (Å²) in [6, 6.07) is 0.600. The summed E-state index contributed by atoms with van der Waals surface area (Å²) in [4.78, 5) is 2.34. The summed E-state index contributed by atoms with van der Waals surface area (Å²) in [6.45, 7) is 6.98. The molecule has 0 fully saturated rings. The third-order valence-electron chi connectivity index (χ3n) is 3.54. The number of methoxy groups -OCH3 is 1. The van der Waals surface area contributed by atoms with E-state index in [-0.39, 0.29) is 0 Å². The van der Waals surface area contributed by atoms with Crippen molar-refractivity contribution >= 4 is 11.8 Å². The molecule has 104 valence electrons. The molecular weight excluding hydrogens is 234 g/mol. The van der Waals surface area contributed by atoms with Crippen LogP contribution in [0.5, 0.6) is 0 Å². The van der Waals surface area contributed by atoms with Crippen LogP contribution < -0.4 is 0 Å². The number of rotatable bonds is 9. The molecule has 0 aliphatic carbocycles. The van der Waals surface area contributed by atoms with Gasteiger partial charge in [-0.15, -0.1) is 0 Å². The molecule has 0 bridgehead atoms. The highest BCUT2D eigenvalue weighted by Gasteiger charge is 2.27. The quantitative estimate of drug-likeness (QED) is 0.691. The zero-order chi connectivity index (χ0) is 13.5. The first-order valence-electron chi connectivity index (χ1n) is 6.31. The first kappa shape index (κ1) is 17.2. The molecule has 2 atom stereocenters. The maximum atomic E-state index is 10.1. The lowest BCUT2D eigenvalue weighted by Crippen LogP contribution is -2.42. The van der Waals surface area contributed by atoms with Crippen LogP contribution in [0.1, 0.15) is 33.6 Å². The van der Waals surface area contributed by atoms with Gasteiger partial charge in [0, 0.05) is 25.4 Å². The number of aliphatic hydroxyl groups excluding tert-OH is 1. The van der Waals surface area contributed by atoms with E-state index >= 15 is 0 Å². The Bertz CT molecular complexity index is 200. The first-order chi connectivity index (χ1) is 7.88. The molecule has 17 heavy (non-hydrogen) atoms. The Morgan fingerprint density at radius 2 is 2.00 bits per heavy atom. The normalized spacial score (nSPS) is 16.2. The van der Waals surface area contributed by atoms with Crippen LogP contribution in [0.15, 0.2) is 0 Å². The number of aliphatic hydroxyl groups is 1. The van der Waals surface area contributed by atoms with E-state index in [1.165, 1.54) is 0 Å². The van der Waals surface area contributed by atoms with Crippen molar-refractivity contribution in [1.82, 2.24) is 4.90 Å². The van der Waals surface area contributed by atoms with Crippen LogP contribution in [-0.4, -0.2) is 60.5 Å². The van der Waals surface area contributed by atoms with Gasteiger partial charge in [0.1, 0.15) is 0 Å². The minimum atomic E-state index is -0.456. The fourth-order valence-electron chi connectivity index (χ4n) is 1.74. The SMILES string of the molecule is CCC(CSC)N(C)CCC(O)C(C)(C)OC. The largest absolute Gasteiger partial charge is 0.390 e. The van der Waals surface area contributed by atoms with Crippen LogP contribution in [0.25, 0.3) is 0 Å². The molecule has 0 amide bonds. The monoisotopic (exact) mass is 263 g/mol. The Morgan fingerprint density at radius 1 is 1.41 bits per heavy atom. The summed E-state index contributed by atoms with van der Waals surface area (Å²) in [5.74, 6) is 1.15. The number of nitrogens with zero attached hydrogens (tertiary/aromatic N) is 1. The number of ether oxygens (including phenoxy) is 1. The van der Waals surface area contributed by atoms with E-state index in [2.05, 4.69) is 25.1 Å². The Hall–Kier alpha value is 0.230. The topological polar surface area (TPSA) is 32.7 Å². The van der Waals surface area contributed by atoms with Crippen molar-refractivity contribution in [3.8, 4) is 0 Å². The predicted octanol–water partition coefficient (Wildman–Crippen LogP) is 2.24. The van der Waals surface area contributed by atoms with Gasteiger partial charge in [-0.25, -0.2) is 0 Å². The summed E-state index contributed by atoms with van der Waals surface area (Å²) >= 11 is 1.88. The number of hydrogen-bond donors (Lipinski definition) is 1. The van der Waals surface area contributed by atoms with Crippen molar-refractivity contribution in [2.24, 2.45) is 0 Å². The molecule has 3 nitrogen and oxygen atoms in total.